The predicted octanol–water partition coefficient (Wildman–Crippen LogP) is 1.79. The van der Waals surface area contributed by atoms with E-state index >= 15 is 0 Å². The molecule has 238 valence electrons. The van der Waals surface area contributed by atoms with Crippen LogP contribution in [0.2, 0.25) is 0 Å². The Labute approximate surface area is 262 Å². The zero-order chi connectivity index (χ0) is 32.7. The Hall–Kier alpha value is -4.64. The molecule has 3 N–H and O–H groups in total. The van der Waals surface area contributed by atoms with Crippen LogP contribution < -0.4 is 25.2 Å². The van der Waals surface area contributed by atoms with Gasteiger partial charge in [-0.1, -0.05) is 37.8 Å². The number of ether oxygens (including phenoxy) is 1. The van der Waals surface area contributed by atoms with E-state index in [2.05, 4.69) is 21.9 Å². The van der Waals surface area contributed by atoms with Gasteiger partial charge in [0, 0.05) is 62.8 Å². The fourth-order valence-electron chi connectivity index (χ4n) is 4.76. The van der Waals surface area contributed by atoms with Crippen molar-refractivity contribution in [1.82, 2.24) is 18.9 Å². The first kappa shape index (κ1) is 33.3. The zero-order valence-electron chi connectivity index (χ0n) is 25.6. The summed E-state index contributed by atoms with van der Waals surface area (Å²) in [7, 11) is -0.799. The lowest BCUT2D eigenvalue weighted by Gasteiger charge is -2.36. The van der Waals surface area contributed by atoms with Crippen molar-refractivity contribution in [2.75, 3.05) is 38.2 Å². The van der Waals surface area contributed by atoms with Crippen LogP contribution in [0.5, 0.6) is 5.75 Å². The average molecular weight is 636 g/mol. The Morgan fingerprint density at radius 2 is 1.60 bits per heavy atom. The first-order chi connectivity index (χ1) is 21.4. The molecule has 1 aliphatic heterocycles. The number of anilines is 1. The molecule has 1 aromatic heterocycles. The summed E-state index contributed by atoms with van der Waals surface area (Å²) < 4.78 is 35.6. The number of carboxylic acid groups (broad SMARTS) is 1. The number of aliphatic carboxylic acids is 1. The van der Waals surface area contributed by atoms with Crippen LogP contribution in [0.3, 0.4) is 0 Å². The lowest BCUT2D eigenvalue weighted by Crippen LogP contribution is -2.55. The van der Waals surface area contributed by atoms with Gasteiger partial charge in [0.2, 0.25) is 0 Å². The standard InChI is InChI=1S/C32H37N5O7S/c1-22(2)29(32(40)41)34-45(42,43)37-17-15-36(16-18-37)26-11-7-23(8-12-26)5-6-25-19-28(31(39)35(3)21-25)30(38)33-20-24-9-13-27(44-4)14-10-24/h7-14,19,21-22,29,34H,15-18,20H2,1-4H3,(H,33,38)(H,40,41)/t29-/m1/s1. The van der Waals surface area contributed by atoms with Crippen LogP contribution in [0.15, 0.2) is 65.6 Å². The Balaban J connectivity index is 1.38. The number of rotatable bonds is 10. The summed E-state index contributed by atoms with van der Waals surface area (Å²) in [5.41, 5.74) is 2.55. The summed E-state index contributed by atoms with van der Waals surface area (Å²) in [5.74, 6) is 4.69. The number of hydrogen-bond donors (Lipinski definition) is 3. The second-order valence-electron chi connectivity index (χ2n) is 11.0. The third-order valence-corrected chi connectivity index (χ3v) is 9.01. The molecule has 2 heterocycles. The highest BCUT2D eigenvalue weighted by molar-refractivity contribution is 7.87. The molecular formula is C32H37N5O7S. The summed E-state index contributed by atoms with van der Waals surface area (Å²) in [4.78, 5) is 39.0. The molecule has 0 bridgehead atoms. The molecule has 1 saturated heterocycles. The predicted molar refractivity (Wildman–Crippen MR) is 170 cm³/mol. The van der Waals surface area contributed by atoms with Gasteiger partial charge >= 0.3 is 5.97 Å². The van der Waals surface area contributed by atoms with Crippen LogP contribution in [-0.2, 0) is 28.6 Å². The molecular weight excluding hydrogens is 598 g/mol. The topological polar surface area (TPSA) is 150 Å². The molecule has 12 nitrogen and oxygen atoms in total. The van der Waals surface area contributed by atoms with Crippen molar-refractivity contribution < 1.29 is 27.9 Å². The highest BCUT2D eigenvalue weighted by Gasteiger charge is 2.33. The van der Waals surface area contributed by atoms with Crippen molar-refractivity contribution in [1.29, 1.82) is 0 Å². The summed E-state index contributed by atoms with van der Waals surface area (Å²) >= 11 is 0. The first-order valence-electron chi connectivity index (χ1n) is 14.4. The van der Waals surface area contributed by atoms with Crippen LogP contribution >= 0.6 is 0 Å². The molecule has 0 unspecified atom stereocenters. The SMILES string of the molecule is COc1ccc(CNC(=O)c2cc(C#Cc3ccc(N4CCN(S(=O)(=O)N[C@@H](C(=O)O)C(C)C)CC4)cc3)cn(C)c2=O)cc1. The maximum absolute atomic E-state index is 12.8. The fraction of sp³-hybridized carbons (Fsp3) is 0.344. The number of piperazine rings is 1. The molecule has 0 radical (unpaired) electrons. The van der Waals surface area contributed by atoms with E-state index in [-0.39, 0.29) is 25.2 Å². The van der Waals surface area contributed by atoms with E-state index in [1.807, 2.05) is 41.3 Å². The van der Waals surface area contributed by atoms with Gasteiger partial charge in [-0.2, -0.15) is 17.4 Å². The molecule has 13 heteroatoms. The van der Waals surface area contributed by atoms with Gasteiger partial charge in [0.1, 0.15) is 17.4 Å². The highest BCUT2D eigenvalue weighted by atomic mass is 32.2. The smallest absolute Gasteiger partial charge is 0.322 e. The Bertz CT molecular complexity index is 1750. The number of pyridine rings is 1. The van der Waals surface area contributed by atoms with Crippen molar-refractivity contribution in [3.8, 4) is 17.6 Å². The van der Waals surface area contributed by atoms with Gasteiger partial charge in [-0.3, -0.25) is 14.4 Å². The summed E-state index contributed by atoms with van der Waals surface area (Å²) in [6, 6.07) is 15.0. The number of methoxy groups -OCH3 is 1. The van der Waals surface area contributed by atoms with E-state index in [1.165, 1.54) is 14.9 Å². The number of nitrogens with one attached hydrogen (secondary N) is 2. The molecule has 1 amide bonds. The third kappa shape index (κ3) is 8.51. The number of benzene rings is 2. The van der Waals surface area contributed by atoms with Crippen molar-refractivity contribution in [2.24, 2.45) is 13.0 Å². The van der Waals surface area contributed by atoms with Crippen molar-refractivity contribution in [3.05, 3.63) is 93.4 Å². The summed E-state index contributed by atoms with van der Waals surface area (Å²) in [6.07, 6.45) is 1.58. The minimum absolute atomic E-state index is 0.00722. The van der Waals surface area contributed by atoms with E-state index in [0.717, 1.165) is 16.8 Å². The minimum Gasteiger partial charge on any atom is -0.497 e. The second kappa shape index (κ2) is 14.4. The number of carboxylic acids is 1. The molecule has 0 spiro atoms. The van der Waals surface area contributed by atoms with E-state index in [4.69, 9.17) is 4.74 Å². The number of amides is 1. The number of carbonyl (C=O) groups excluding carboxylic acids is 1. The second-order valence-corrected chi connectivity index (χ2v) is 12.7. The summed E-state index contributed by atoms with van der Waals surface area (Å²) in [5, 5.41) is 12.1. The summed E-state index contributed by atoms with van der Waals surface area (Å²) in [6.45, 7) is 4.85. The monoisotopic (exact) mass is 635 g/mol. The van der Waals surface area contributed by atoms with E-state index < -0.39 is 39.6 Å². The van der Waals surface area contributed by atoms with Crippen LogP contribution in [-0.4, -0.2) is 73.6 Å². The molecule has 0 saturated carbocycles. The van der Waals surface area contributed by atoms with Crippen molar-refractivity contribution >= 4 is 27.8 Å². The first-order valence-corrected chi connectivity index (χ1v) is 15.8. The zero-order valence-corrected chi connectivity index (χ0v) is 26.4. The molecule has 1 aliphatic rings. The van der Waals surface area contributed by atoms with Gasteiger partial charge in [0.15, 0.2) is 0 Å². The van der Waals surface area contributed by atoms with Gasteiger partial charge in [0.05, 0.1) is 7.11 Å². The van der Waals surface area contributed by atoms with Gasteiger partial charge in [-0.25, -0.2) is 0 Å². The fourth-order valence-corrected chi connectivity index (χ4v) is 6.24. The van der Waals surface area contributed by atoms with Crippen LogP contribution in [0, 0.1) is 17.8 Å². The number of hydrogen-bond acceptors (Lipinski definition) is 7. The molecule has 0 aliphatic carbocycles. The average Bonchev–Trinajstić information content (AvgIpc) is 3.03. The van der Waals surface area contributed by atoms with Gasteiger partial charge in [0.25, 0.3) is 21.7 Å². The van der Waals surface area contributed by atoms with E-state index in [0.29, 0.717) is 24.4 Å². The maximum Gasteiger partial charge on any atom is 0.322 e. The quantitative estimate of drug-likeness (QED) is 0.286. The van der Waals surface area contributed by atoms with Crippen molar-refractivity contribution in [2.45, 2.75) is 26.4 Å². The van der Waals surface area contributed by atoms with Crippen LogP contribution in [0.1, 0.15) is 40.9 Å². The molecule has 4 rings (SSSR count). The third-order valence-electron chi connectivity index (χ3n) is 7.41. The Kier molecular flexibility index (Phi) is 10.7. The van der Waals surface area contributed by atoms with E-state index in [9.17, 15) is 27.9 Å². The highest BCUT2D eigenvalue weighted by Crippen LogP contribution is 2.19. The molecule has 45 heavy (non-hydrogen) atoms. The molecule has 1 atom stereocenters. The van der Waals surface area contributed by atoms with Gasteiger partial charge in [-0.15, -0.1) is 0 Å². The normalized spacial score (nSPS) is 14.4. The lowest BCUT2D eigenvalue weighted by molar-refractivity contribution is -0.140. The van der Waals surface area contributed by atoms with Crippen LogP contribution in [0.4, 0.5) is 5.69 Å². The largest absolute Gasteiger partial charge is 0.497 e. The van der Waals surface area contributed by atoms with Gasteiger partial charge < -0.3 is 24.6 Å². The van der Waals surface area contributed by atoms with Gasteiger partial charge in [-0.05, 0) is 53.9 Å². The number of carbonyl (C=O) groups is 2. The lowest BCUT2D eigenvalue weighted by atomic mass is 10.1. The minimum atomic E-state index is -3.94. The number of aromatic nitrogens is 1. The van der Waals surface area contributed by atoms with E-state index in [1.54, 1.807) is 46.3 Å². The molecule has 2 aromatic carbocycles. The number of aryl methyl sites for hydroxylation is 1. The number of nitrogens with zero attached hydrogens (tertiary/aromatic N) is 3. The van der Waals surface area contributed by atoms with Crippen LogP contribution in [0.25, 0.3) is 0 Å². The Morgan fingerprint density at radius 3 is 2.18 bits per heavy atom. The van der Waals surface area contributed by atoms with Crippen molar-refractivity contribution in [3.63, 3.8) is 0 Å². The Morgan fingerprint density at radius 1 is 0.978 bits per heavy atom. The molecule has 1 fully saturated rings. The maximum atomic E-state index is 12.8. The molecule has 3 aromatic rings.